The summed E-state index contributed by atoms with van der Waals surface area (Å²) < 4.78 is 1.39. The Bertz CT molecular complexity index is 351. The second-order valence-corrected chi connectivity index (χ2v) is 6.45. The summed E-state index contributed by atoms with van der Waals surface area (Å²) in [6.45, 7) is 7.86. The lowest BCUT2D eigenvalue weighted by atomic mass is 9.89. The molecule has 108 valence electrons. The van der Waals surface area contributed by atoms with Crippen LogP contribution in [0, 0.1) is 9.49 Å². The number of halogens is 1. The van der Waals surface area contributed by atoms with Crippen LogP contribution in [0.5, 0.6) is 0 Å². The second kappa shape index (κ2) is 9.76. The van der Waals surface area contributed by atoms with E-state index < -0.39 is 0 Å². The lowest BCUT2D eigenvalue weighted by molar-refractivity contribution is 0.356. The van der Waals surface area contributed by atoms with E-state index in [9.17, 15) is 0 Å². The predicted octanol–water partition coefficient (Wildman–Crippen LogP) is 5.55. The van der Waals surface area contributed by atoms with Gasteiger partial charge in [0.2, 0.25) is 0 Å². The van der Waals surface area contributed by atoms with E-state index in [0.29, 0.717) is 6.04 Å². The van der Waals surface area contributed by atoms with Gasteiger partial charge in [-0.1, -0.05) is 64.7 Å². The summed E-state index contributed by atoms with van der Waals surface area (Å²) in [4.78, 5) is 0. The summed E-state index contributed by atoms with van der Waals surface area (Å²) >= 11 is 2.46. The number of hydrogen-bond acceptors (Lipinski definition) is 1. The summed E-state index contributed by atoms with van der Waals surface area (Å²) in [6, 6.07) is 9.30. The highest BCUT2D eigenvalue weighted by molar-refractivity contribution is 14.1. The minimum Gasteiger partial charge on any atom is -0.310 e. The molecule has 0 radical (unpaired) electrons. The molecule has 0 heterocycles. The summed E-state index contributed by atoms with van der Waals surface area (Å²) in [6.07, 6.45) is 6.61. The average Bonchev–Trinajstić information content (AvgIpc) is 2.43. The Labute approximate surface area is 132 Å². The van der Waals surface area contributed by atoms with Crippen molar-refractivity contribution in [2.24, 2.45) is 5.92 Å². The molecule has 0 aliphatic heterocycles. The number of hydrogen-bond donors (Lipinski definition) is 1. The lowest BCUT2D eigenvalue weighted by Crippen LogP contribution is -2.24. The van der Waals surface area contributed by atoms with Crippen LogP contribution in [-0.4, -0.2) is 6.54 Å². The van der Waals surface area contributed by atoms with Gasteiger partial charge < -0.3 is 5.32 Å². The average molecular weight is 373 g/mol. The van der Waals surface area contributed by atoms with Gasteiger partial charge in [0.15, 0.2) is 0 Å². The van der Waals surface area contributed by atoms with Gasteiger partial charge >= 0.3 is 0 Å². The summed E-state index contributed by atoms with van der Waals surface area (Å²) in [5.74, 6) is 0.847. The van der Waals surface area contributed by atoms with Crippen molar-refractivity contribution in [2.45, 2.75) is 58.9 Å². The molecule has 2 unspecified atom stereocenters. The molecule has 0 fully saturated rings. The molecular formula is C17H28IN. The normalized spacial score (nSPS) is 14.3. The molecular weight excluding hydrogens is 345 g/mol. The molecule has 1 aromatic rings. The summed E-state index contributed by atoms with van der Waals surface area (Å²) in [7, 11) is 0. The van der Waals surface area contributed by atoms with Crippen molar-refractivity contribution in [1.82, 2.24) is 5.32 Å². The lowest BCUT2D eigenvalue weighted by Gasteiger charge is -2.25. The van der Waals surface area contributed by atoms with E-state index in [1.54, 1.807) is 0 Å². The third-order valence-electron chi connectivity index (χ3n) is 3.84. The zero-order valence-electron chi connectivity index (χ0n) is 12.6. The van der Waals surface area contributed by atoms with Crippen molar-refractivity contribution in [3.05, 3.63) is 33.4 Å². The van der Waals surface area contributed by atoms with Crippen LogP contribution in [0.4, 0.5) is 0 Å². The number of benzene rings is 1. The van der Waals surface area contributed by atoms with Crippen LogP contribution in [0.3, 0.4) is 0 Å². The fraction of sp³-hybridized carbons (Fsp3) is 0.647. The fourth-order valence-electron chi connectivity index (χ4n) is 2.64. The number of unbranched alkanes of at least 4 members (excludes halogenated alkanes) is 1. The molecule has 0 spiro atoms. The van der Waals surface area contributed by atoms with E-state index in [1.165, 1.54) is 41.2 Å². The maximum atomic E-state index is 3.68. The maximum absolute atomic E-state index is 3.68. The zero-order valence-corrected chi connectivity index (χ0v) is 14.7. The van der Waals surface area contributed by atoms with Gasteiger partial charge in [-0.05, 0) is 53.1 Å². The summed E-state index contributed by atoms with van der Waals surface area (Å²) in [5, 5.41) is 3.68. The van der Waals surface area contributed by atoms with Crippen LogP contribution in [0.2, 0.25) is 0 Å². The molecule has 2 heteroatoms. The first-order valence-corrected chi connectivity index (χ1v) is 8.78. The molecule has 0 saturated carbocycles. The van der Waals surface area contributed by atoms with Gasteiger partial charge in [-0.25, -0.2) is 0 Å². The molecule has 1 N–H and O–H groups in total. The molecule has 0 aromatic heterocycles. The Kier molecular flexibility index (Phi) is 8.71. The van der Waals surface area contributed by atoms with Crippen LogP contribution in [0.1, 0.15) is 64.5 Å². The Morgan fingerprint density at radius 3 is 2.47 bits per heavy atom. The third kappa shape index (κ3) is 5.82. The monoisotopic (exact) mass is 373 g/mol. The van der Waals surface area contributed by atoms with Gasteiger partial charge in [0.25, 0.3) is 0 Å². The molecule has 1 rings (SSSR count). The van der Waals surface area contributed by atoms with Crippen LogP contribution >= 0.6 is 22.6 Å². The highest BCUT2D eigenvalue weighted by Crippen LogP contribution is 2.29. The Morgan fingerprint density at radius 2 is 1.89 bits per heavy atom. The zero-order chi connectivity index (χ0) is 14.1. The van der Waals surface area contributed by atoms with E-state index in [4.69, 9.17) is 0 Å². The van der Waals surface area contributed by atoms with Gasteiger partial charge in [-0.2, -0.15) is 0 Å². The molecule has 0 saturated heterocycles. The molecule has 2 atom stereocenters. The molecule has 0 aliphatic rings. The Hall–Kier alpha value is -0.0900. The number of nitrogens with one attached hydrogen (secondary N) is 1. The van der Waals surface area contributed by atoms with Crippen molar-refractivity contribution in [3.63, 3.8) is 0 Å². The second-order valence-electron chi connectivity index (χ2n) is 5.28. The molecule has 19 heavy (non-hydrogen) atoms. The van der Waals surface area contributed by atoms with Gasteiger partial charge in [-0.15, -0.1) is 0 Å². The van der Waals surface area contributed by atoms with Crippen molar-refractivity contribution in [3.8, 4) is 0 Å². The quantitative estimate of drug-likeness (QED) is 0.560. The molecule has 1 nitrogen and oxygen atoms in total. The highest BCUT2D eigenvalue weighted by Gasteiger charge is 2.17. The smallest absolute Gasteiger partial charge is 0.0333 e. The molecule has 0 aliphatic carbocycles. The van der Waals surface area contributed by atoms with E-state index in [-0.39, 0.29) is 0 Å². The predicted molar refractivity (Wildman–Crippen MR) is 93.5 cm³/mol. The standard InChI is InChI=1S/C17H28IN/c1-4-7-10-14(5-2)13-17(19-6-3)15-11-8-9-12-16(15)18/h8-9,11-12,14,17,19H,4-7,10,13H2,1-3H3. The first-order chi connectivity index (χ1) is 9.22. The first kappa shape index (κ1) is 17.0. The summed E-state index contributed by atoms with van der Waals surface area (Å²) in [5.41, 5.74) is 1.47. The van der Waals surface area contributed by atoms with E-state index in [2.05, 4.69) is 72.9 Å². The van der Waals surface area contributed by atoms with Crippen molar-refractivity contribution in [1.29, 1.82) is 0 Å². The van der Waals surface area contributed by atoms with E-state index in [1.807, 2.05) is 0 Å². The van der Waals surface area contributed by atoms with E-state index >= 15 is 0 Å². The Balaban J connectivity index is 2.74. The largest absolute Gasteiger partial charge is 0.310 e. The topological polar surface area (TPSA) is 12.0 Å². The van der Waals surface area contributed by atoms with E-state index in [0.717, 1.165) is 12.5 Å². The van der Waals surface area contributed by atoms with Gasteiger partial charge in [0.05, 0.1) is 0 Å². The first-order valence-electron chi connectivity index (χ1n) is 7.70. The fourth-order valence-corrected chi connectivity index (χ4v) is 3.40. The molecule has 0 bridgehead atoms. The van der Waals surface area contributed by atoms with Crippen LogP contribution in [0.25, 0.3) is 0 Å². The minimum atomic E-state index is 0.514. The number of rotatable bonds is 9. The van der Waals surface area contributed by atoms with Crippen molar-refractivity contribution >= 4 is 22.6 Å². The van der Waals surface area contributed by atoms with Gasteiger partial charge in [0.1, 0.15) is 0 Å². The van der Waals surface area contributed by atoms with Gasteiger partial charge in [-0.3, -0.25) is 0 Å². The maximum Gasteiger partial charge on any atom is 0.0333 e. The third-order valence-corrected chi connectivity index (χ3v) is 4.83. The molecule has 1 aromatic carbocycles. The van der Waals surface area contributed by atoms with Crippen molar-refractivity contribution < 1.29 is 0 Å². The van der Waals surface area contributed by atoms with Gasteiger partial charge in [0, 0.05) is 9.61 Å². The Morgan fingerprint density at radius 1 is 1.16 bits per heavy atom. The van der Waals surface area contributed by atoms with Crippen LogP contribution in [-0.2, 0) is 0 Å². The molecule has 0 amide bonds. The highest BCUT2D eigenvalue weighted by atomic mass is 127. The van der Waals surface area contributed by atoms with Crippen LogP contribution < -0.4 is 5.32 Å². The minimum absolute atomic E-state index is 0.514. The van der Waals surface area contributed by atoms with Crippen LogP contribution in [0.15, 0.2) is 24.3 Å². The van der Waals surface area contributed by atoms with Crippen molar-refractivity contribution in [2.75, 3.05) is 6.54 Å². The SMILES string of the molecule is CCCCC(CC)CC(NCC)c1ccccc1I.